The summed E-state index contributed by atoms with van der Waals surface area (Å²) in [5.41, 5.74) is -1.68. The second-order valence-corrected chi connectivity index (χ2v) is 6.77. The predicted octanol–water partition coefficient (Wildman–Crippen LogP) is 2.83. The van der Waals surface area contributed by atoms with Crippen molar-refractivity contribution in [3.8, 4) is 11.4 Å². The molecule has 2 heterocycles. The van der Waals surface area contributed by atoms with Crippen LogP contribution in [0.1, 0.15) is 33.0 Å². The molecule has 0 amide bonds. The Balaban J connectivity index is 1.70. The Bertz CT molecular complexity index is 1090. The van der Waals surface area contributed by atoms with Gasteiger partial charge < -0.3 is 15.0 Å². The van der Waals surface area contributed by atoms with Gasteiger partial charge in [0.2, 0.25) is 11.6 Å². The fourth-order valence-corrected chi connectivity index (χ4v) is 3.29. The largest absolute Gasteiger partial charge is 0.464 e. The number of alkyl halides is 3. The van der Waals surface area contributed by atoms with Gasteiger partial charge in [0.05, 0.1) is 12.2 Å². The summed E-state index contributed by atoms with van der Waals surface area (Å²) in [6.07, 6.45) is -4.28. The maximum atomic E-state index is 13.0. The predicted molar refractivity (Wildman–Crippen MR) is 93.1 cm³/mol. The molecule has 0 saturated carbocycles. The number of hydrogen-bond donors (Lipinski definition) is 2. The van der Waals surface area contributed by atoms with E-state index in [0.29, 0.717) is 0 Å². The third-order valence-electron chi connectivity index (χ3n) is 4.51. The van der Waals surface area contributed by atoms with E-state index in [0.717, 1.165) is 12.1 Å². The van der Waals surface area contributed by atoms with Gasteiger partial charge in [-0.15, -0.1) is 0 Å². The number of imidazole rings is 1. The molecule has 0 radical (unpaired) electrons. The summed E-state index contributed by atoms with van der Waals surface area (Å²) in [5.74, 6) is -2.19. The number of Topliss-reactive ketones (excluding diaryl/α,β-unsaturated/α-hetero) is 2. The molecule has 1 aromatic heterocycles. The van der Waals surface area contributed by atoms with E-state index in [2.05, 4.69) is 15.3 Å². The van der Waals surface area contributed by atoms with Gasteiger partial charge in [0.1, 0.15) is 34.0 Å². The number of aromatic amines is 1. The van der Waals surface area contributed by atoms with Crippen molar-refractivity contribution < 1.29 is 32.3 Å². The Kier molecular flexibility index (Phi) is 4.45. The summed E-state index contributed by atoms with van der Waals surface area (Å²) in [7, 11) is 0. The third-order valence-corrected chi connectivity index (χ3v) is 4.87. The molecule has 1 aromatic carbocycles. The van der Waals surface area contributed by atoms with Crippen molar-refractivity contribution in [1.82, 2.24) is 15.3 Å². The lowest BCUT2D eigenvalue weighted by Gasteiger charge is -2.17. The molecule has 2 N–H and O–H groups in total. The van der Waals surface area contributed by atoms with E-state index in [4.69, 9.17) is 16.3 Å². The van der Waals surface area contributed by atoms with Gasteiger partial charge in [0.25, 0.3) is 0 Å². The Morgan fingerprint density at radius 1 is 1.21 bits per heavy atom. The lowest BCUT2D eigenvalue weighted by Crippen LogP contribution is -2.38. The molecule has 1 aliphatic carbocycles. The average molecular weight is 426 g/mol. The third kappa shape index (κ3) is 3.29. The van der Waals surface area contributed by atoms with Crippen LogP contribution < -0.4 is 5.32 Å². The number of rotatable bonds is 3. The number of benzene rings is 1. The van der Waals surface area contributed by atoms with Crippen LogP contribution in [0.4, 0.5) is 13.2 Å². The van der Waals surface area contributed by atoms with Crippen LogP contribution >= 0.6 is 11.6 Å². The maximum Gasteiger partial charge on any atom is 0.416 e. The molecule has 0 bridgehead atoms. The van der Waals surface area contributed by atoms with E-state index in [9.17, 15) is 27.6 Å². The summed E-state index contributed by atoms with van der Waals surface area (Å²) >= 11 is 6.02. The van der Waals surface area contributed by atoms with Crippen molar-refractivity contribution in [2.24, 2.45) is 0 Å². The first-order valence-electron chi connectivity index (χ1n) is 8.37. The molecule has 4 rings (SSSR count). The van der Waals surface area contributed by atoms with Crippen LogP contribution in [-0.4, -0.2) is 40.2 Å². The molecule has 2 aliphatic rings. The second-order valence-electron chi connectivity index (χ2n) is 6.39. The molecule has 1 fully saturated rings. The van der Waals surface area contributed by atoms with Crippen LogP contribution in [-0.2, 0) is 15.7 Å². The zero-order valence-electron chi connectivity index (χ0n) is 14.4. The first-order valence-corrected chi connectivity index (χ1v) is 8.74. The SMILES string of the molecule is O=C1C(N[C@H]2CCOC2=O)=C(Cl)C(=O)c2[nH]c(-c3cccc(C(F)(F)F)c3)nc21. The van der Waals surface area contributed by atoms with Crippen LogP contribution in [0.15, 0.2) is 35.0 Å². The summed E-state index contributed by atoms with van der Waals surface area (Å²) < 4.78 is 43.7. The fourth-order valence-electron chi connectivity index (χ4n) is 3.05. The van der Waals surface area contributed by atoms with E-state index in [1.54, 1.807) is 0 Å². The molecule has 29 heavy (non-hydrogen) atoms. The van der Waals surface area contributed by atoms with Crippen LogP contribution in [0.5, 0.6) is 0 Å². The molecular formula is C18H11ClF3N3O4. The van der Waals surface area contributed by atoms with Crippen molar-refractivity contribution in [1.29, 1.82) is 0 Å². The molecular weight excluding hydrogens is 415 g/mol. The highest BCUT2D eigenvalue weighted by Crippen LogP contribution is 2.33. The van der Waals surface area contributed by atoms with Gasteiger partial charge in [-0.1, -0.05) is 23.7 Å². The second kappa shape index (κ2) is 6.73. The first-order chi connectivity index (χ1) is 13.7. The zero-order chi connectivity index (χ0) is 20.9. The minimum Gasteiger partial charge on any atom is -0.464 e. The number of carbonyl (C=O) groups excluding carboxylic acids is 3. The average Bonchev–Trinajstić information content (AvgIpc) is 3.30. The van der Waals surface area contributed by atoms with E-state index < -0.39 is 40.3 Å². The van der Waals surface area contributed by atoms with Crippen LogP contribution in [0.3, 0.4) is 0 Å². The minimum absolute atomic E-state index is 0.0415. The van der Waals surface area contributed by atoms with Gasteiger partial charge in [0, 0.05) is 12.0 Å². The number of cyclic esters (lactones) is 1. The summed E-state index contributed by atoms with van der Waals surface area (Å²) in [5, 5.41) is 2.17. The molecule has 0 spiro atoms. The topological polar surface area (TPSA) is 101 Å². The summed E-state index contributed by atoms with van der Waals surface area (Å²) in [6.45, 7) is 0.164. The maximum absolute atomic E-state index is 13.0. The smallest absolute Gasteiger partial charge is 0.416 e. The van der Waals surface area contributed by atoms with Crippen molar-refractivity contribution in [3.05, 3.63) is 51.9 Å². The van der Waals surface area contributed by atoms with Gasteiger partial charge in [-0.2, -0.15) is 13.2 Å². The number of carbonyl (C=O) groups is 3. The van der Waals surface area contributed by atoms with Crippen molar-refractivity contribution in [2.45, 2.75) is 18.6 Å². The van der Waals surface area contributed by atoms with Crippen molar-refractivity contribution >= 4 is 29.1 Å². The Morgan fingerprint density at radius 2 is 1.97 bits per heavy atom. The summed E-state index contributed by atoms with van der Waals surface area (Å²) in [4.78, 5) is 43.5. The van der Waals surface area contributed by atoms with Crippen LogP contribution in [0.25, 0.3) is 11.4 Å². The number of hydrogen-bond acceptors (Lipinski definition) is 6. The Labute approximate surface area is 165 Å². The molecule has 0 unspecified atom stereocenters. The highest BCUT2D eigenvalue weighted by molar-refractivity contribution is 6.49. The quantitative estimate of drug-likeness (QED) is 0.733. The van der Waals surface area contributed by atoms with Crippen molar-refractivity contribution in [3.63, 3.8) is 0 Å². The molecule has 11 heteroatoms. The van der Waals surface area contributed by atoms with Gasteiger partial charge in [-0.05, 0) is 12.1 Å². The Morgan fingerprint density at radius 3 is 2.62 bits per heavy atom. The van der Waals surface area contributed by atoms with E-state index in [1.807, 2.05) is 0 Å². The number of ether oxygens (including phenoxy) is 1. The highest BCUT2D eigenvalue weighted by atomic mass is 35.5. The van der Waals surface area contributed by atoms with E-state index >= 15 is 0 Å². The monoisotopic (exact) mass is 425 g/mol. The molecule has 2 aromatic rings. The van der Waals surface area contributed by atoms with Crippen LogP contribution in [0.2, 0.25) is 0 Å². The van der Waals surface area contributed by atoms with Crippen LogP contribution in [0, 0.1) is 0 Å². The first kappa shape index (κ1) is 19.2. The number of nitrogens with zero attached hydrogens (tertiary/aromatic N) is 1. The van der Waals surface area contributed by atoms with E-state index in [1.165, 1.54) is 12.1 Å². The number of aromatic nitrogens is 2. The van der Waals surface area contributed by atoms with E-state index in [-0.39, 0.29) is 41.5 Å². The number of halogens is 4. The van der Waals surface area contributed by atoms with Gasteiger partial charge in [-0.25, -0.2) is 9.78 Å². The van der Waals surface area contributed by atoms with Gasteiger partial charge >= 0.3 is 12.1 Å². The van der Waals surface area contributed by atoms with Gasteiger partial charge in [-0.3, -0.25) is 9.59 Å². The zero-order valence-corrected chi connectivity index (χ0v) is 15.1. The number of nitrogens with one attached hydrogen (secondary N) is 2. The standard InChI is InChI=1S/C18H11ClF3N3O4/c19-10-11(23-9-4-5-29-17(9)28)15(27)13-12(14(10)26)24-16(25-13)7-2-1-3-8(6-7)18(20,21)22/h1-3,6,9,23H,4-5H2,(H,24,25)/t9-/m0/s1. The lowest BCUT2D eigenvalue weighted by molar-refractivity contribution is -0.139. The molecule has 150 valence electrons. The summed E-state index contributed by atoms with van der Waals surface area (Å²) in [6, 6.07) is 3.45. The minimum atomic E-state index is -4.56. The fraction of sp³-hybridized carbons (Fsp3) is 0.222. The van der Waals surface area contributed by atoms with Gasteiger partial charge in [0.15, 0.2) is 0 Å². The number of fused-ring (bicyclic) bond motifs is 1. The number of esters is 1. The lowest BCUT2D eigenvalue weighted by atomic mass is 10.0. The number of H-pyrrole nitrogens is 1. The van der Waals surface area contributed by atoms with Crippen molar-refractivity contribution in [2.75, 3.05) is 6.61 Å². The molecule has 1 saturated heterocycles. The Hall–Kier alpha value is -3.14. The number of ketones is 2. The molecule has 1 atom stereocenters. The molecule has 7 nitrogen and oxygen atoms in total. The molecule has 1 aliphatic heterocycles. The number of allylic oxidation sites excluding steroid dienone is 2. The highest BCUT2D eigenvalue weighted by Gasteiger charge is 2.38. The normalized spacial score (nSPS) is 19.4.